The van der Waals surface area contributed by atoms with Crippen molar-refractivity contribution in [1.82, 2.24) is 9.88 Å². The highest BCUT2D eigenvalue weighted by atomic mass is 16.3. The molecule has 0 bridgehead atoms. The van der Waals surface area contributed by atoms with E-state index in [0.29, 0.717) is 5.56 Å². The molecule has 1 aromatic heterocycles. The van der Waals surface area contributed by atoms with Crippen molar-refractivity contribution in [2.24, 2.45) is 0 Å². The van der Waals surface area contributed by atoms with Gasteiger partial charge in [-0.25, -0.2) is 0 Å². The van der Waals surface area contributed by atoms with Crippen molar-refractivity contribution in [1.29, 1.82) is 0 Å². The molecule has 1 rings (SSSR count). The summed E-state index contributed by atoms with van der Waals surface area (Å²) in [5, 5.41) is 9.56. The van der Waals surface area contributed by atoms with Crippen molar-refractivity contribution in [2.45, 2.75) is 32.7 Å². The highest BCUT2D eigenvalue weighted by Crippen LogP contribution is 2.22. The predicted octanol–water partition coefficient (Wildman–Crippen LogP) is 2.05. The first-order valence-electron chi connectivity index (χ1n) is 5.31. The van der Waals surface area contributed by atoms with Crippen LogP contribution in [-0.4, -0.2) is 33.5 Å². The summed E-state index contributed by atoms with van der Waals surface area (Å²) in [5.41, 5.74) is 0.0614. The highest BCUT2D eigenvalue weighted by Gasteiger charge is 2.27. The SMILES string of the molecule is CCC(C)(C)N(C)C(=O)c1ccncc1O. The van der Waals surface area contributed by atoms with Crippen molar-refractivity contribution >= 4 is 5.91 Å². The Kier molecular flexibility index (Phi) is 3.52. The summed E-state index contributed by atoms with van der Waals surface area (Å²) in [6.45, 7) is 6.00. The molecule has 88 valence electrons. The normalized spacial score (nSPS) is 11.2. The lowest BCUT2D eigenvalue weighted by molar-refractivity contribution is 0.0617. The van der Waals surface area contributed by atoms with Gasteiger partial charge < -0.3 is 10.0 Å². The summed E-state index contributed by atoms with van der Waals surface area (Å²) >= 11 is 0. The number of nitrogens with zero attached hydrogens (tertiary/aromatic N) is 2. The Labute approximate surface area is 95.9 Å². The summed E-state index contributed by atoms with van der Waals surface area (Å²) in [6.07, 6.45) is 3.63. The van der Waals surface area contributed by atoms with Gasteiger partial charge in [0.05, 0.1) is 11.8 Å². The standard InChI is InChI=1S/C12H18N2O2/c1-5-12(2,3)14(4)11(16)9-6-7-13-8-10(9)15/h6-8,15H,5H2,1-4H3. The number of carbonyl (C=O) groups is 1. The van der Waals surface area contributed by atoms with Crippen molar-refractivity contribution in [3.63, 3.8) is 0 Å². The van der Waals surface area contributed by atoms with E-state index in [4.69, 9.17) is 0 Å². The van der Waals surface area contributed by atoms with E-state index >= 15 is 0 Å². The maximum atomic E-state index is 12.1. The Hall–Kier alpha value is -1.58. The molecule has 4 heteroatoms. The molecule has 0 aliphatic heterocycles. The van der Waals surface area contributed by atoms with Crippen LogP contribution in [0.2, 0.25) is 0 Å². The lowest BCUT2D eigenvalue weighted by Crippen LogP contribution is -2.44. The van der Waals surface area contributed by atoms with Crippen LogP contribution in [0.15, 0.2) is 18.5 Å². The van der Waals surface area contributed by atoms with Gasteiger partial charge in [-0.15, -0.1) is 0 Å². The fourth-order valence-electron chi connectivity index (χ4n) is 1.26. The van der Waals surface area contributed by atoms with E-state index in [1.54, 1.807) is 11.9 Å². The Balaban J connectivity index is 3.00. The van der Waals surface area contributed by atoms with Crippen LogP contribution in [0.1, 0.15) is 37.6 Å². The van der Waals surface area contributed by atoms with Gasteiger partial charge in [0.2, 0.25) is 0 Å². The molecule has 1 aromatic rings. The Bertz CT molecular complexity index is 388. The molecule has 0 saturated heterocycles. The fourth-order valence-corrected chi connectivity index (χ4v) is 1.26. The number of carbonyl (C=O) groups excluding carboxylic acids is 1. The second kappa shape index (κ2) is 4.51. The lowest BCUT2D eigenvalue weighted by Gasteiger charge is -2.35. The van der Waals surface area contributed by atoms with Crippen LogP contribution in [0.25, 0.3) is 0 Å². The van der Waals surface area contributed by atoms with Gasteiger partial charge in [-0.2, -0.15) is 0 Å². The Morgan fingerprint density at radius 1 is 1.56 bits per heavy atom. The third-order valence-corrected chi connectivity index (χ3v) is 3.11. The van der Waals surface area contributed by atoms with Gasteiger partial charge in [-0.05, 0) is 26.3 Å². The number of aromatic nitrogens is 1. The van der Waals surface area contributed by atoms with Crippen molar-refractivity contribution in [3.8, 4) is 5.75 Å². The van der Waals surface area contributed by atoms with E-state index in [2.05, 4.69) is 4.98 Å². The molecule has 0 radical (unpaired) electrons. The topological polar surface area (TPSA) is 53.4 Å². The fraction of sp³-hybridized carbons (Fsp3) is 0.500. The van der Waals surface area contributed by atoms with E-state index in [0.717, 1.165) is 6.42 Å². The average Bonchev–Trinajstić information content (AvgIpc) is 2.27. The largest absolute Gasteiger partial charge is 0.505 e. The minimum Gasteiger partial charge on any atom is -0.505 e. The molecular formula is C12H18N2O2. The Morgan fingerprint density at radius 3 is 2.69 bits per heavy atom. The van der Waals surface area contributed by atoms with Crippen LogP contribution in [-0.2, 0) is 0 Å². The molecule has 0 fully saturated rings. The molecule has 1 heterocycles. The first-order valence-corrected chi connectivity index (χ1v) is 5.31. The molecule has 0 atom stereocenters. The molecule has 4 nitrogen and oxygen atoms in total. The van der Waals surface area contributed by atoms with Gasteiger partial charge >= 0.3 is 0 Å². The second-order valence-corrected chi connectivity index (χ2v) is 4.42. The zero-order valence-electron chi connectivity index (χ0n) is 10.2. The number of amides is 1. The first kappa shape index (κ1) is 12.5. The van der Waals surface area contributed by atoms with E-state index in [9.17, 15) is 9.90 Å². The molecule has 0 saturated carbocycles. The number of rotatable bonds is 3. The van der Waals surface area contributed by atoms with E-state index in [1.807, 2.05) is 20.8 Å². The van der Waals surface area contributed by atoms with Crippen LogP contribution >= 0.6 is 0 Å². The van der Waals surface area contributed by atoms with Crippen molar-refractivity contribution in [3.05, 3.63) is 24.0 Å². The Morgan fingerprint density at radius 2 is 2.19 bits per heavy atom. The molecule has 16 heavy (non-hydrogen) atoms. The van der Waals surface area contributed by atoms with Gasteiger partial charge in [-0.3, -0.25) is 9.78 Å². The maximum absolute atomic E-state index is 12.1. The predicted molar refractivity (Wildman–Crippen MR) is 62.4 cm³/mol. The van der Waals surface area contributed by atoms with Crippen LogP contribution in [0.3, 0.4) is 0 Å². The molecule has 0 aromatic carbocycles. The molecule has 0 aliphatic carbocycles. The zero-order chi connectivity index (χ0) is 12.3. The number of aromatic hydroxyl groups is 1. The minimum absolute atomic E-state index is 0.0775. The molecule has 1 amide bonds. The summed E-state index contributed by atoms with van der Waals surface area (Å²) in [4.78, 5) is 17.5. The van der Waals surface area contributed by atoms with Gasteiger partial charge in [-0.1, -0.05) is 6.92 Å². The maximum Gasteiger partial charge on any atom is 0.257 e. The first-order chi connectivity index (χ1) is 7.40. The molecule has 1 N–H and O–H groups in total. The van der Waals surface area contributed by atoms with Crippen LogP contribution < -0.4 is 0 Å². The zero-order valence-corrected chi connectivity index (χ0v) is 10.2. The molecule has 0 aliphatic rings. The van der Waals surface area contributed by atoms with Gasteiger partial charge in [0, 0.05) is 18.8 Å². The summed E-state index contributed by atoms with van der Waals surface area (Å²) < 4.78 is 0. The number of pyridine rings is 1. The quantitative estimate of drug-likeness (QED) is 0.851. The average molecular weight is 222 g/mol. The third kappa shape index (κ3) is 2.32. The smallest absolute Gasteiger partial charge is 0.257 e. The minimum atomic E-state index is -0.229. The van der Waals surface area contributed by atoms with E-state index in [-0.39, 0.29) is 17.2 Å². The van der Waals surface area contributed by atoms with Gasteiger partial charge in [0.15, 0.2) is 0 Å². The summed E-state index contributed by atoms with van der Waals surface area (Å²) in [5.74, 6) is -0.266. The van der Waals surface area contributed by atoms with Gasteiger partial charge in [0.1, 0.15) is 5.75 Å². The van der Waals surface area contributed by atoms with Crippen LogP contribution in [0.5, 0.6) is 5.75 Å². The molecular weight excluding hydrogens is 204 g/mol. The lowest BCUT2D eigenvalue weighted by atomic mass is 9.99. The third-order valence-electron chi connectivity index (χ3n) is 3.11. The van der Waals surface area contributed by atoms with Crippen LogP contribution in [0, 0.1) is 0 Å². The van der Waals surface area contributed by atoms with Gasteiger partial charge in [0.25, 0.3) is 5.91 Å². The summed E-state index contributed by atoms with van der Waals surface area (Å²) in [7, 11) is 1.74. The van der Waals surface area contributed by atoms with E-state index < -0.39 is 0 Å². The van der Waals surface area contributed by atoms with E-state index in [1.165, 1.54) is 18.5 Å². The van der Waals surface area contributed by atoms with Crippen molar-refractivity contribution in [2.75, 3.05) is 7.05 Å². The number of hydrogen-bond donors (Lipinski definition) is 1. The monoisotopic (exact) mass is 222 g/mol. The number of hydrogen-bond acceptors (Lipinski definition) is 3. The summed E-state index contributed by atoms with van der Waals surface area (Å²) in [6, 6.07) is 1.53. The van der Waals surface area contributed by atoms with Crippen LogP contribution in [0.4, 0.5) is 0 Å². The molecule has 0 spiro atoms. The second-order valence-electron chi connectivity index (χ2n) is 4.42. The molecule has 0 unspecified atom stereocenters. The van der Waals surface area contributed by atoms with Crippen molar-refractivity contribution < 1.29 is 9.90 Å². The highest BCUT2D eigenvalue weighted by molar-refractivity contribution is 5.96.